The number of ether oxygens (including phenoxy) is 2. The molecule has 0 bridgehead atoms. The second-order valence-corrected chi connectivity index (χ2v) is 14.0. The zero-order valence-electron chi connectivity index (χ0n) is 31.5. The Morgan fingerprint density at radius 1 is 0.679 bits per heavy atom. The third-order valence-corrected chi connectivity index (χ3v) is 10.6. The molecular formula is C48H47N3O5. The maximum absolute atomic E-state index is 13.8. The first-order valence-electron chi connectivity index (χ1n) is 19.1. The minimum atomic E-state index is -0.849. The van der Waals surface area contributed by atoms with Crippen molar-refractivity contribution in [3.8, 4) is 16.9 Å². The fourth-order valence-electron chi connectivity index (χ4n) is 7.75. The number of aliphatic hydroxyl groups is 1. The van der Waals surface area contributed by atoms with E-state index in [2.05, 4.69) is 76.6 Å². The highest BCUT2D eigenvalue weighted by molar-refractivity contribution is 5.96. The number of fused-ring (bicyclic) bond motifs is 3. The molecule has 0 spiro atoms. The molecule has 0 saturated carbocycles. The van der Waals surface area contributed by atoms with Crippen LogP contribution in [0.5, 0.6) is 5.75 Å². The van der Waals surface area contributed by atoms with Crippen molar-refractivity contribution in [3.63, 3.8) is 0 Å². The van der Waals surface area contributed by atoms with Gasteiger partial charge in [0, 0.05) is 11.6 Å². The number of unbranched alkanes of at least 4 members (excludes halogenated alkanes) is 1. The quantitative estimate of drug-likeness (QED) is 0.0583. The molecule has 0 aliphatic heterocycles. The van der Waals surface area contributed by atoms with Crippen LogP contribution >= 0.6 is 0 Å². The summed E-state index contributed by atoms with van der Waals surface area (Å²) in [4.78, 5) is 27.2. The number of amides is 2. The third kappa shape index (κ3) is 8.37. The van der Waals surface area contributed by atoms with Gasteiger partial charge < -0.3 is 25.2 Å². The third-order valence-electron chi connectivity index (χ3n) is 10.6. The van der Waals surface area contributed by atoms with E-state index in [0.29, 0.717) is 25.1 Å². The molecule has 56 heavy (non-hydrogen) atoms. The zero-order valence-corrected chi connectivity index (χ0v) is 31.5. The van der Waals surface area contributed by atoms with Crippen LogP contribution in [0.3, 0.4) is 0 Å². The molecule has 0 heterocycles. The number of hydrogen-bond donors (Lipinski definition) is 4. The van der Waals surface area contributed by atoms with Crippen molar-refractivity contribution in [2.24, 2.45) is 0 Å². The van der Waals surface area contributed by atoms with Gasteiger partial charge in [0.05, 0.1) is 19.3 Å². The van der Waals surface area contributed by atoms with Crippen molar-refractivity contribution < 1.29 is 24.2 Å². The molecule has 8 nitrogen and oxygen atoms in total. The van der Waals surface area contributed by atoms with E-state index in [-0.39, 0.29) is 25.0 Å². The molecule has 6 aromatic rings. The topological polar surface area (TPSA) is 109 Å². The van der Waals surface area contributed by atoms with E-state index >= 15 is 0 Å². The average molecular weight is 746 g/mol. The molecule has 6 aromatic carbocycles. The van der Waals surface area contributed by atoms with Crippen LogP contribution in [0.25, 0.3) is 11.1 Å². The van der Waals surface area contributed by atoms with Crippen molar-refractivity contribution in [2.45, 2.75) is 43.4 Å². The first-order chi connectivity index (χ1) is 27.5. The van der Waals surface area contributed by atoms with Gasteiger partial charge in [-0.15, -0.1) is 0 Å². The smallest absolute Gasteiger partial charge is 0.407 e. The minimum absolute atomic E-state index is 0.0947. The van der Waals surface area contributed by atoms with Crippen molar-refractivity contribution >= 4 is 17.7 Å². The summed E-state index contributed by atoms with van der Waals surface area (Å²) < 4.78 is 11.3. The Morgan fingerprint density at radius 3 is 1.80 bits per heavy atom. The maximum atomic E-state index is 13.8. The standard InChI is InChI=1S/C48H47N3O5/c1-55-39-29-25-37(26-30-39)48(35-14-4-2-5-15-35,36-16-6-3-7-17-36)49-31-13-12-22-45(46(53)50-38-27-23-34(32-52)24-28-38)51-47(54)56-33-44-42-20-10-8-18-40(42)41-19-9-11-21-43(41)44/h2-11,14-21,23-30,44-45,49,52H,12-13,22,31-33H2,1H3,(H,50,53)(H,51,54)/t45-/m0/s1. The van der Waals surface area contributed by atoms with E-state index in [0.717, 1.165) is 56.7 Å². The molecule has 0 unspecified atom stereocenters. The number of carbonyl (C=O) groups excluding carboxylic acids is 2. The monoisotopic (exact) mass is 745 g/mol. The van der Waals surface area contributed by atoms with Crippen LogP contribution in [0.15, 0.2) is 158 Å². The molecule has 0 saturated heterocycles. The number of methoxy groups -OCH3 is 1. The molecule has 0 radical (unpaired) electrons. The second-order valence-electron chi connectivity index (χ2n) is 14.0. The van der Waals surface area contributed by atoms with Gasteiger partial charge in [0.2, 0.25) is 5.91 Å². The number of nitrogens with one attached hydrogen (secondary N) is 3. The summed E-state index contributed by atoms with van der Waals surface area (Å²) in [5, 5.41) is 19.2. The molecule has 1 aliphatic rings. The lowest BCUT2D eigenvalue weighted by molar-refractivity contribution is -0.118. The van der Waals surface area contributed by atoms with Crippen LogP contribution in [0, 0.1) is 0 Å². The highest BCUT2D eigenvalue weighted by Crippen LogP contribution is 2.44. The highest BCUT2D eigenvalue weighted by atomic mass is 16.5. The fourth-order valence-corrected chi connectivity index (χ4v) is 7.75. The molecule has 8 heteroatoms. The minimum Gasteiger partial charge on any atom is -0.497 e. The lowest BCUT2D eigenvalue weighted by Crippen LogP contribution is -2.45. The molecule has 7 rings (SSSR count). The van der Waals surface area contributed by atoms with E-state index in [1.807, 2.05) is 72.8 Å². The van der Waals surface area contributed by atoms with E-state index in [4.69, 9.17) is 9.47 Å². The summed E-state index contributed by atoms with van der Waals surface area (Å²) >= 11 is 0. The molecule has 4 N–H and O–H groups in total. The van der Waals surface area contributed by atoms with Gasteiger partial charge in [-0.05, 0) is 94.6 Å². The van der Waals surface area contributed by atoms with Crippen molar-refractivity contribution in [1.29, 1.82) is 0 Å². The number of anilines is 1. The van der Waals surface area contributed by atoms with Crippen LogP contribution in [0.2, 0.25) is 0 Å². The summed E-state index contributed by atoms with van der Waals surface area (Å²) in [5.74, 6) is 0.336. The van der Waals surface area contributed by atoms with Crippen LogP contribution < -0.4 is 20.7 Å². The Labute approximate surface area is 328 Å². The van der Waals surface area contributed by atoms with Gasteiger partial charge in [-0.2, -0.15) is 0 Å². The van der Waals surface area contributed by atoms with Gasteiger partial charge in [-0.1, -0.05) is 133 Å². The van der Waals surface area contributed by atoms with Gasteiger partial charge >= 0.3 is 6.09 Å². The predicted octanol–water partition coefficient (Wildman–Crippen LogP) is 8.79. The van der Waals surface area contributed by atoms with Crippen LogP contribution in [-0.4, -0.2) is 43.4 Å². The molecule has 2 amide bonds. The number of alkyl carbamates (subject to hydrolysis) is 1. The molecular weight excluding hydrogens is 699 g/mol. The zero-order chi connectivity index (χ0) is 38.7. The molecule has 0 aromatic heterocycles. The van der Waals surface area contributed by atoms with E-state index in [1.54, 1.807) is 31.4 Å². The fraction of sp³-hybridized carbons (Fsp3) is 0.208. The van der Waals surface area contributed by atoms with Gasteiger partial charge in [0.25, 0.3) is 0 Å². The lowest BCUT2D eigenvalue weighted by atomic mass is 9.77. The van der Waals surface area contributed by atoms with Crippen LogP contribution in [0.4, 0.5) is 10.5 Å². The second kappa shape index (κ2) is 17.9. The summed E-state index contributed by atoms with van der Waals surface area (Å²) in [6, 6.07) is 51.4. The van der Waals surface area contributed by atoms with Gasteiger partial charge in [-0.25, -0.2) is 4.79 Å². The summed E-state index contributed by atoms with van der Waals surface area (Å²) in [6.07, 6.45) is 1.10. The molecule has 284 valence electrons. The average Bonchev–Trinajstić information content (AvgIpc) is 3.58. The Morgan fingerprint density at radius 2 is 1.23 bits per heavy atom. The van der Waals surface area contributed by atoms with Crippen molar-refractivity contribution in [1.82, 2.24) is 10.6 Å². The lowest BCUT2D eigenvalue weighted by Gasteiger charge is -2.37. The van der Waals surface area contributed by atoms with E-state index in [1.165, 1.54) is 0 Å². The van der Waals surface area contributed by atoms with Crippen LogP contribution in [0.1, 0.15) is 58.6 Å². The number of hydrogen-bond acceptors (Lipinski definition) is 6. The van der Waals surface area contributed by atoms with E-state index in [9.17, 15) is 14.7 Å². The summed E-state index contributed by atoms with van der Waals surface area (Å²) in [5.41, 5.74) is 8.43. The Kier molecular flexibility index (Phi) is 12.2. The normalized spacial score (nSPS) is 12.6. The maximum Gasteiger partial charge on any atom is 0.407 e. The van der Waals surface area contributed by atoms with Crippen molar-refractivity contribution in [2.75, 3.05) is 25.6 Å². The molecule has 1 atom stereocenters. The predicted molar refractivity (Wildman–Crippen MR) is 221 cm³/mol. The first-order valence-corrected chi connectivity index (χ1v) is 19.1. The number of rotatable bonds is 16. The molecule has 1 aliphatic carbocycles. The number of carbonyl (C=O) groups is 2. The Bertz CT molecular complexity index is 2120. The first kappa shape index (κ1) is 38.1. The largest absolute Gasteiger partial charge is 0.497 e. The van der Waals surface area contributed by atoms with Gasteiger partial charge in [0.15, 0.2) is 0 Å². The summed E-state index contributed by atoms with van der Waals surface area (Å²) in [7, 11) is 1.66. The SMILES string of the molecule is COc1ccc(C(NCCCC[C@H](NC(=O)OCC2c3ccccc3-c3ccccc32)C(=O)Nc2ccc(CO)cc2)(c2ccccc2)c2ccccc2)cc1. The number of aliphatic hydroxyl groups excluding tert-OH is 1. The van der Waals surface area contributed by atoms with Crippen molar-refractivity contribution in [3.05, 3.63) is 191 Å². The van der Waals surface area contributed by atoms with Crippen LogP contribution in [-0.2, 0) is 21.7 Å². The Hall–Kier alpha value is -6.22. The number of benzene rings is 6. The summed E-state index contributed by atoms with van der Waals surface area (Å²) in [6.45, 7) is 0.674. The Balaban J connectivity index is 1.06. The van der Waals surface area contributed by atoms with Gasteiger partial charge in [-0.3, -0.25) is 10.1 Å². The highest BCUT2D eigenvalue weighted by Gasteiger charge is 2.36. The molecule has 0 fully saturated rings. The van der Waals surface area contributed by atoms with Gasteiger partial charge in [0.1, 0.15) is 18.4 Å². The van der Waals surface area contributed by atoms with E-state index < -0.39 is 17.7 Å².